The van der Waals surface area contributed by atoms with Crippen LogP contribution >= 0.6 is 0 Å². The van der Waals surface area contributed by atoms with Gasteiger partial charge in [-0.05, 0) is 6.07 Å². The van der Waals surface area contributed by atoms with E-state index < -0.39 is 0 Å². The van der Waals surface area contributed by atoms with Gasteiger partial charge in [-0.2, -0.15) is 0 Å². The molecule has 56 valence electrons. The number of fused-ring (bicyclic) bond motifs is 1. The van der Waals surface area contributed by atoms with Crippen molar-refractivity contribution in [2.75, 3.05) is 12.3 Å². The Morgan fingerprint density at radius 1 is 1.55 bits per heavy atom. The molecule has 11 heavy (non-hydrogen) atoms. The molecule has 0 aliphatic carbocycles. The zero-order chi connectivity index (χ0) is 7.68. The minimum Gasteiger partial charge on any atom is -0.387 e. The summed E-state index contributed by atoms with van der Waals surface area (Å²) in [5.74, 6) is 0.611. The molecular weight excluding hydrogens is 138 g/mol. The molecule has 1 aliphatic heterocycles. The molecule has 0 saturated heterocycles. The second kappa shape index (κ2) is 2.27. The van der Waals surface area contributed by atoms with Crippen LogP contribution in [0, 0.1) is 0 Å². The van der Waals surface area contributed by atoms with Gasteiger partial charge in [0.05, 0.1) is 0 Å². The molecule has 3 nitrogen and oxygen atoms in total. The van der Waals surface area contributed by atoms with Crippen molar-refractivity contribution in [1.82, 2.24) is 10.3 Å². The van der Waals surface area contributed by atoms with E-state index in [2.05, 4.69) is 10.3 Å². The van der Waals surface area contributed by atoms with E-state index in [1.807, 2.05) is 18.3 Å². The van der Waals surface area contributed by atoms with Crippen molar-refractivity contribution in [1.29, 1.82) is 0 Å². The average Bonchev–Trinajstić information content (AvgIpc) is 2.06. The van der Waals surface area contributed by atoms with E-state index in [9.17, 15) is 0 Å². The Hall–Kier alpha value is -1.51. The Kier molecular flexibility index (Phi) is 1.28. The number of rotatable bonds is 0. The molecule has 0 unspecified atom stereocenters. The SMILES string of the molecule is Nc1nccc2c1=CCNC=2. The van der Waals surface area contributed by atoms with Gasteiger partial charge < -0.3 is 11.1 Å². The summed E-state index contributed by atoms with van der Waals surface area (Å²) in [6.45, 7) is 0.836. The van der Waals surface area contributed by atoms with Crippen molar-refractivity contribution in [3.63, 3.8) is 0 Å². The van der Waals surface area contributed by atoms with Crippen LogP contribution in [0.4, 0.5) is 5.82 Å². The molecule has 0 radical (unpaired) electrons. The Morgan fingerprint density at radius 3 is 3.27 bits per heavy atom. The number of aromatic nitrogens is 1. The Labute approximate surface area is 64.3 Å². The Bertz CT molecular complexity index is 381. The van der Waals surface area contributed by atoms with Crippen LogP contribution in [-0.4, -0.2) is 11.5 Å². The minimum atomic E-state index is 0.611. The van der Waals surface area contributed by atoms with Crippen LogP contribution in [0.15, 0.2) is 12.3 Å². The van der Waals surface area contributed by atoms with Gasteiger partial charge in [0.1, 0.15) is 5.82 Å². The van der Waals surface area contributed by atoms with Gasteiger partial charge in [-0.15, -0.1) is 0 Å². The van der Waals surface area contributed by atoms with Gasteiger partial charge in [-0.1, -0.05) is 6.08 Å². The van der Waals surface area contributed by atoms with Crippen molar-refractivity contribution in [3.05, 3.63) is 22.7 Å². The van der Waals surface area contributed by atoms with Gasteiger partial charge >= 0.3 is 0 Å². The van der Waals surface area contributed by atoms with E-state index in [0.717, 1.165) is 17.0 Å². The maximum Gasteiger partial charge on any atom is 0.131 e. The maximum absolute atomic E-state index is 5.65. The predicted molar refractivity (Wildman–Crippen MR) is 44.8 cm³/mol. The number of nitrogens with zero attached hydrogens (tertiary/aromatic N) is 1. The van der Waals surface area contributed by atoms with Crippen molar-refractivity contribution < 1.29 is 0 Å². The summed E-state index contributed by atoms with van der Waals surface area (Å²) < 4.78 is 0. The van der Waals surface area contributed by atoms with Crippen LogP contribution in [0.1, 0.15) is 0 Å². The highest BCUT2D eigenvalue weighted by Gasteiger charge is 1.94. The van der Waals surface area contributed by atoms with Crippen LogP contribution < -0.4 is 21.5 Å². The third-order valence-corrected chi connectivity index (χ3v) is 1.74. The van der Waals surface area contributed by atoms with E-state index in [0.29, 0.717) is 5.82 Å². The lowest BCUT2D eigenvalue weighted by molar-refractivity contribution is 1.05. The summed E-state index contributed by atoms with van der Waals surface area (Å²) in [5, 5.41) is 5.27. The van der Waals surface area contributed by atoms with E-state index in [-0.39, 0.29) is 0 Å². The molecule has 0 atom stereocenters. The fraction of sp³-hybridized carbons (Fsp3) is 0.125. The second-order valence-corrected chi connectivity index (χ2v) is 2.46. The van der Waals surface area contributed by atoms with Crippen LogP contribution in [0.2, 0.25) is 0 Å². The molecule has 0 spiro atoms. The average molecular weight is 147 g/mol. The van der Waals surface area contributed by atoms with Gasteiger partial charge in [-0.25, -0.2) is 4.98 Å². The fourth-order valence-corrected chi connectivity index (χ4v) is 1.18. The summed E-state index contributed by atoms with van der Waals surface area (Å²) in [5.41, 5.74) is 5.65. The summed E-state index contributed by atoms with van der Waals surface area (Å²) in [4.78, 5) is 3.99. The van der Waals surface area contributed by atoms with Crippen molar-refractivity contribution in [2.24, 2.45) is 0 Å². The van der Waals surface area contributed by atoms with Crippen molar-refractivity contribution in [3.8, 4) is 0 Å². The second-order valence-electron chi connectivity index (χ2n) is 2.46. The molecule has 3 heteroatoms. The Morgan fingerprint density at radius 2 is 2.45 bits per heavy atom. The van der Waals surface area contributed by atoms with Gasteiger partial charge in [-0.3, -0.25) is 0 Å². The quantitative estimate of drug-likeness (QED) is 0.484. The third kappa shape index (κ3) is 0.941. The number of anilines is 1. The van der Waals surface area contributed by atoms with Crippen LogP contribution in [-0.2, 0) is 0 Å². The van der Waals surface area contributed by atoms with E-state index >= 15 is 0 Å². The molecule has 0 aromatic carbocycles. The first kappa shape index (κ1) is 6.22. The standard InChI is InChI=1S/C8H9N3/c9-8-7-2-3-10-5-6(7)1-4-11-8/h1-2,4-5,10H,3H2,(H2,9,11). The van der Waals surface area contributed by atoms with Gasteiger partial charge in [0.15, 0.2) is 0 Å². The molecule has 2 rings (SSSR count). The number of hydrogen-bond donors (Lipinski definition) is 2. The molecular formula is C8H9N3. The fourth-order valence-electron chi connectivity index (χ4n) is 1.18. The van der Waals surface area contributed by atoms with Gasteiger partial charge in [0.2, 0.25) is 0 Å². The zero-order valence-electron chi connectivity index (χ0n) is 6.04. The van der Waals surface area contributed by atoms with E-state index in [4.69, 9.17) is 5.73 Å². The number of hydrogen-bond acceptors (Lipinski definition) is 3. The highest BCUT2D eigenvalue weighted by atomic mass is 14.8. The summed E-state index contributed by atoms with van der Waals surface area (Å²) in [6.07, 6.45) is 5.70. The molecule has 0 fully saturated rings. The summed E-state index contributed by atoms with van der Waals surface area (Å²) in [7, 11) is 0. The highest BCUT2D eigenvalue weighted by molar-refractivity contribution is 5.45. The van der Waals surface area contributed by atoms with Crippen molar-refractivity contribution in [2.45, 2.75) is 0 Å². The van der Waals surface area contributed by atoms with E-state index in [1.54, 1.807) is 6.20 Å². The number of nitrogens with two attached hydrogens (primary N) is 1. The maximum atomic E-state index is 5.65. The first-order chi connectivity index (χ1) is 5.38. The molecule has 1 aromatic heterocycles. The topological polar surface area (TPSA) is 50.9 Å². The smallest absolute Gasteiger partial charge is 0.131 e. The molecule has 0 amide bonds. The lowest BCUT2D eigenvalue weighted by Gasteiger charge is -2.02. The highest BCUT2D eigenvalue weighted by Crippen LogP contribution is 1.81. The summed E-state index contributed by atoms with van der Waals surface area (Å²) >= 11 is 0. The monoisotopic (exact) mass is 147 g/mol. The number of nitrogens with one attached hydrogen (secondary N) is 1. The number of nitrogen functional groups attached to an aromatic ring is 1. The summed E-state index contributed by atoms with van der Waals surface area (Å²) in [6, 6.07) is 1.94. The number of pyridine rings is 1. The lowest BCUT2D eigenvalue weighted by atomic mass is 10.2. The normalized spacial score (nSPS) is 13.8. The van der Waals surface area contributed by atoms with Crippen LogP contribution in [0.3, 0.4) is 0 Å². The first-order valence-corrected chi connectivity index (χ1v) is 3.52. The third-order valence-electron chi connectivity index (χ3n) is 1.74. The predicted octanol–water partition coefficient (Wildman–Crippen LogP) is -1.21. The molecule has 1 aromatic rings. The van der Waals surface area contributed by atoms with Gasteiger partial charge in [0.25, 0.3) is 0 Å². The Balaban J connectivity index is 2.88. The molecule has 3 N–H and O–H groups in total. The molecule has 2 heterocycles. The lowest BCUT2D eigenvalue weighted by Crippen LogP contribution is -2.35. The van der Waals surface area contributed by atoms with Crippen molar-refractivity contribution >= 4 is 18.1 Å². The molecule has 0 saturated carbocycles. The largest absolute Gasteiger partial charge is 0.387 e. The van der Waals surface area contributed by atoms with E-state index in [1.165, 1.54) is 0 Å². The first-order valence-electron chi connectivity index (χ1n) is 3.52. The minimum absolute atomic E-state index is 0.611. The van der Waals surface area contributed by atoms with Gasteiger partial charge in [0, 0.05) is 29.4 Å². The zero-order valence-corrected chi connectivity index (χ0v) is 6.04. The van der Waals surface area contributed by atoms with Crippen LogP contribution in [0.25, 0.3) is 12.3 Å². The molecule has 1 aliphatic rings. The molecule has 0 bridgehead atoms. The van der Waals surface area contributed by atoms with Crippen LogP contribution in [0.5, 0.6) is 0 Å².